The third-order valence-electron chi connectivity index (χ3n) is 2.46. The van der Waals surface area contributed by atoms with Crippen LogP contribution in [0.4, 0.5) is 8.78 Å². The molecule has 8 heteroatoms. The fourth-order valence-electron chi connectivity index (χ4n) is 1.55. The number of rotatable bonds is 3. The van der Waals surface area contributed by atoms with Crippen molar-refractivity contribution in [3.8, 4) is 5.69 Å². The van der Waals surface area contributed by atoms with E-state index in [0.717, 1.165) is 4.68 Å². The van der Waals surface area contributed by atoms with Crippen LogP contribution in [0, 0.1) is 0 Å². The van der Waals surface area contributed by atoms with Crippen molar-refractivity contribution in [1.82, 2.24) is 9.78 Å². The monoisotopic (exact) mass is 326 g/mol. The molecule has 1 N–H and O–H groups in total. The van der Waals surface area contributed by atoms with Crippen molar-refractivity contribution in [3.05, 3.63) is 44.7 Å². The second kappa shape index (κ2) is 5.63. The quantitative estimate of drug-likeness (QED) is 0.914. The van der Waals surface area contributed by atoms with E-state index in [2.05, 4.69) is 5.10 Å². The van der Waals surface area contributed by atoms with Crippen LogP contribution < -0.4 is 0 Å². The highest BCUT2D eigenvalue weighted by Gasteiger charge is 2.23. The van der Waals surface area contributed by atoms with Gasteiger partial charge in [0.1, 0.15) is 10.8 Å². The van der Waals surface area contributed by atoms with Crippen LogP contribution >= 0.6 is 34.8 Å². The van der Waals surface area contributed by atoms with Crippen LogP contribution in [0.5, 0.6) is 0 Å². The van der Waals surface area contributed by atoms with Gasteiger partial charge in [-0.3, -0.25) is 0 Å². The summed E-state index contributed by atoms with van der Waals surface area (Å²) in [5.41, 5.74) is -0.290. The van der Waals surface area contributed by atoms with E-state index in [-0.39, 0.29) is 15.7 Å². The number of aliphatic hydroxyl groups excluding tert-OH is 1. The van der Waals surface area contributed by atoms with E-state index in [9.17, 15) is 8.78 Å². The molecule has 0 spiro atoms. The number of aliphatic hydroxyl groups is 1. The van der Waals surface area contributed by atoms with Crippen LogP contribution in [0.1, 0.15) is 17.7 Å². The molecule has 19 heavy (non-hydrogen) atoms. The summed E-state index contributed by atoms with van der Waals surface area (Å²) in [5.74, 6) is 0. The zero-order valence-electron chi connectivity index (χ0n) is 9.25. The molecule has 0 saturated carbocycles. The Hall–Kier alpha value is -0.880. The summed E-state index contributed by atoms with van der Waals surface area (Å²) in [4.78, 5) is 0. The molecule has 0 amide bonds. The maximum atomic E-state index is 12.8. The lowest BCUT2D eigenvalue weighted by atomic mass is 10.2. The number of hydrogen-bond donors (Lipinski definition) is 1. The van der Waals surface area contributed by atoms with E-state index < -0.39 is 18.7 Å². The molecular formula is C11H7Cl3F2N2O. The largest absolute Gasteiger partial charge is 0.391 e. The predicted molar refractivity (Wildman–Crippen MR) is 69.5 cm³/mol. The van der Waals surface area contributed by atoms with Crippen molar-refractivity contribution in [2.75, 3.05) is 0 Å². The molecule has 2 aromatic rings. The summed E-state index contributed by atoms with van der Waals surface area (Å²) in [6, 6.07) is 4.47. The van der Waals surface area contributed by atoms with E-state index in [1.165, 1.54) is 18.2 Å². The fraction of sp³-hybridized carbons (Fsp3) is 0.182. The van der Waals surface area contributed by atoms with Gasteiger partial charge in [-0.05, 0) is 18.2 Å². The van der Waals surface area contributed by atoms with Crippen molar-refractivity contribution >= 4 is 34.8 Å². The second-order valence-corrected chi connectivity index (χ2v) is 4.80. The highest BCUT2D eigenvalue weighted by molar-refractivity contribution is 6.42. The first-order chi connectivity index (χ1) is 8.95. The van der Waals surface area contributed by atoms with Gasteiger partial charge in [0.15, 0.2) is 0 Å². The smallest absolute Gasteiger partial charge is 0.282 e. The summed E-state index contributed by atoms with van der Waals surface area (Å²) in [6.07, 6.45) is -2.83. The highest BCUT2D eigenvalue weighted by Crippen LogP contribution is 2.31. The Morgan fingerprint density at radius 1 is 1.21 bits per heavy atom. The van der Waals surface area contributed by atoms with Gasteiger partial charge in [0.25, 0.3) is 6.43 Å². The van der Waals surface area contributed by atoms with Gasteiger partial charge in [0.05, 0.1) is 22.3 Å². The predicted octanol–water partition coefficient (Wildman–Crippen LogP) is 4.26. The molecule has 0 aliphatic rings. The lowest BCUT2D eigenvalue weighted by Gasteiger charge is -2.04. The maximum Gasteiger partial charge on any atom is 0.282 e. The third kappa shape index (κ3) is 2.69. The molecule has 0 aliphatic heterocycles. The molecule has 0 atom stereocenters. The number of alkyl halides is 2. The van der Waals surface area contributed by atoms with E-state index in [1.807, 2.05) is 0 Å². The Morgan fingerprint density at radius 3 is 2.37 bits per heavy atom. The van der Waals surface area contributed by atoms with Crippen LogP contribution in [0.2, 0.25) is 15.2 Å². The first-order valence-electron chi connectivity index (χ1n) is 5.07. The number of benzene rings is 1. The average Bonchev–Trinajstić information content (AvgIpc) is 2.70. The number of aromatic nitrogens is 2. The minimum Gasteiger partial charge on any atom is -0.391 e. The van der Waals surface area contributed by atoms with E-state index >= 15 is 0 Å². The SMILES string of the molecule is OCc1c(C(F)F)nn(-c2ccc(Cl)c(Cl)c2)c1Cl. The molecule has 0 unspecified atom stereocenters. The third-order valence-corrected chi connectivity index (χ3v) is 3.59. The molecule has 1 heterocycles. The Balaban J connectivity index is 2.59. The topological polar surface area (TPSA) is 38.1 Å². The van der Waals surface area contributed by atoms with Crippen molar-refractivity contribution < 1.29 is 13.9 Å². The molecule has 0 fully saturated rings. The minimum absolute atomic E-state index is 0.0869. The van der Waals surface area contributed by atoms with Crippen LogP contribution in [0.25, 0.3) is 5.69 Å². The zero-order valence-corrected chi connectivity index (χ0v) is 11.5. The lowest BCUT2D eigenvalue weighted by molar-refractivity contribution is 0.141. The molecule has 0 bridgehead atoms. The molecule has 1 aromatic carbocycles. The zero-order chi connectivity index (χ0) is 14.2. The molecular weight excluding hydrogens is 320 g/mol. The summed E-state index contributed by atoms with van der Waals surface area (Å²) in [5, 5.41) is 13.3. The van der Waals surface area contributed by atoms with Crippen molar-refractivity contribution in [3.63, 3.8) is 0 Å². The van der Waals surface area contributed by atoms with Gasteiger partial charge in [-0.2, -0.15) is 5.10 Å². The van der Waals surface area contributed by atoms with Crippen LogP contribution in [-0.2, 0) is 6.61 Å². The maximum absolute atomic E-state index is 12.8. The minimum atomic E-state index is -2.83. The molecule has 2 rings (SSSR count). The molecule has 0 aliphatic carbocycles. The summed E-state index contributed by atoms with van der Waals surface area (Å²) in [6.45, 7) is -0.625. The Kier molecular flexibility index (Phi) is 4.30. The van der Waals surface area contributed by atoms with Gasteiger partial charge in [-0.15, -0.1) is 0 Å². The van der Waals surface area contributed by atoms with Gasteiger partial charge in [0, 0.05) is 5.56 Å². The van der Waals surface area contributed by atoms with Crippen molar-refractivity contribution in [2.24, 2.45) is 0 Å². The van der Waals surface area contributed by atoms with Gasteiger partial charge < -0.3 is 5.11 Å². The van der Waals surface area contributed by atoms with E-state index in [1.54, 1.807) is 0 Å². The van der Waals surface area contributed by atoms with Gasteiger partial charge >= 0.3 is 0 Å². The van der Waals surface area contributed by atoms with Crippen LogP contribution in [0.15, 0.2) is 18.2 Å². The van der Waals surface area contributed by atoms with Crippen molar-refractivity contribution in [2.45, 2.75) is 13.0 Å². The second-order valence-electron chi connectivity index (χ2n) is 3.62. The van der Waals surface area contributed by atoms with Crippen LogP contribution in [0.3, 0.4) is 0 Å². The standard InChI is InChI=1S/C11H7Cl3F2N2O/c12-7-2-1-5(3-8(7)13)18-10(14)6(4-19)9(17-18)11(15)16/h1-3,11,19H,4H2. The van der Waals surface area contributed by atoms with E-state index in [0.29, 0.717) is 10.7 Å². The number of hydrogen-bond acceptors (Lipinski definition) is 2. The lowest BCUT2D eigenvalue weighted by Crippen LogP contribution is -1.97. The van der Waals surface area contributed by atoms with Gasteiger partial charge in [-0.25, -0.2) is 13.5 Å². The number of halogens is 5. The Bertz CT molecular complexity index is 616. The first-order valence-corrected chi connectivity index (χ1v) is 6.20. The fourth-order valence-corrected chi connectivity index (χ4v) is 2.14. The van der Waals surface area contributed by atoms with Crippen LogP contribution in [-0.4, -0.2) is 14.9 Å². The average molecular weight is 328 g/mol. The summed E-state index contributed by atoms with van der Waals surface area (Å²) < 4.78 is 26.6. The summed E-state index contributed by atoms with van der Waals surface area (Å²) >= 11 is 17.5. The summed E-state index contributed by atoms with van der Waals surface area (Å²) in [7, 11) is 0. The normalized spacial score (nSPS) is 11.3. The molecule has 0 radical (unpaired) electrons. The van der Waals surface area contributed by atoms with Gasteiger partial charge in [-0.1, -0.05) is 34.8 Å². The molecule has 3 nitrogen and oxygen atoms in total. The Labute approximate surface area is 122 Å². The van der Waals surface area contributed by atoms with Crippen molar-refractivity contribution in [1.29, 1.82) is 0 Å². The first kappa shape index (κ1) is 14.5. The molecule has 0 saturated heterocycles. The highest BCUT2D eigenvalue weighted by atomic mass is 35.5. The Morgan fingerprint density at radius 2 is 1.89 bits per heavy atom. The number of nitrogens with zero attached hydrogens (tertiary/aromatic N) is 2. The van der Waals surface area contributed by atoms with Gasteiger partial charge in [0.2, 0.25) is 0 Å². The van der Waals surface area contributed by atoms with E-state index in [4.69, 9.17) is 39.9 Å². The molecule has 1 aromatic heterocycles. The molecule has 102 valence electrons.